The van der Waals surface area contributed by atoms with Gasteiger partial charge in [-0.1, -0.05) is 105 Å². The van der Waals surface area contributed by atoms with Crippen LogP contribution < -0.4 is 9.47 Å². The number of rotatable bonds is 17. The number of aliphatic hydroxyl groups is 1. The van der Waals surface area contributed by atoms with Gasteiger partial charge in [-0.05, 0) is 110 Å². The molecule has 2 unspecified atom stereocenters. The molecule has 4 aliphatic rings. The van der Waals surface area contributed by atoms with Crippen molar-refractivity contribution in [3.8, 4) is 23.3 Å². The molecule has 3 fully saturated rings. The maximum atomic E-state index is 15.1. The van der Waals surface area contributed by atoms with Gasteiger partial charge in [-0.2, -0.15) is 14.4 Å². The number of nitrogens with zero attached hydrogens (tertiary/aromatic N) is 7. The fourth-order valence-electron chi connectivity index (χ4n) is 9.10. The molecule has 1 saturated heterocycles. The highest BCUT2D eigenvalue weighted by Gasteiger charge is 2.58. The molecule has 1 spiro atoms. The zero-order valence-corrected chi connectivity index (χ0v) is 45.8. The van der Waals surface area contributed by atoms with E-state index in [1.807, 2.05) is 24.3 Å². The number of aromatic amines is 1. The van der Waals surface area contributed by atoms with E-state index in [-0.39, 0.29) is 59.9 Å². The van der Waals surface area contributed by atoms with Gasteiger partial charge < -0.3 is 43.4 Å². The molecule has 0 amide bonds. The Hall–Kier alpha value is -4.92. The number of likely N-dealkylation sites (N-methyl/N-ethyl adjacent to an activating group) is 1. The molecular weight excluding hydrogens is 1030 g/mol. The van der Waals surface area contributed by atoms with Gasteiger partial charge in [-0.15, -0.1) is 11.6 Å². The molecule has 0 bridgehead atoms. The largest absolute Gasteiger partial charge is 0.470 e. The highest BCUT2D eigenvalue weighted by molar-refractivity contribution is 7.71. The number of benzene rings is 3. The Balaban J connectivity index is 0.000000168. The molecule has 16 nitrogen and oxygen atoms in total. The number of H-pyrrole nitrogens is 1. The van der Waals surface area contributed by atoms with Gasteiger partial charge in [-0.25, -0.2) is 4.98 Å². The summed E-state index contributed by atoms with van der Waals surface area (Å²) in [5, 5.41) is 22.8. The van der Waals surface area contributed by atoms with Crippen molar-refractivity contribution in [2.45, 2.75) is 115 Å². The molecule has 2 aliphatic heterocycles. The minimum atomic E-state index is -1.13. The van der Waals surface area contributed by atoms with Gasteiger partial charge in [0.05, 0.1) is 34.7 Å². The summed E-state index contributed by atoms with van der Waals surface area (Å²) in [6.45, 7) is 16.5. The summed E-state index contributed by atoms with van der Waals surface area (Å²) in [7, 11) is 1.37. The van der Waals surface area contributed by atoms with E-state index in [9.17, 15) is 5.11 Å². The van der Waals surface area contributed by atoms with E-state index in [4.69, 9.17) is 80.4 Å². The van der Waals surface area contributed by atoms with Crippen molar-refractivity contribution in [2.24, 2.45) is 21.6 Å². The third-order valence-corrected chi connectivity index (χ3v) is 15.1. The molecule has 0 radical (unpaired) electrons. The lowest BCUT2D eigenvalue weighted by atomic mass is 9.71. The summed E-state index contributed by atoms with van der Waals surface area (Å²) in [6.07, 6.45) is 10.6. The van der Waals surface area contributed by atoms with Crippen LogP contribution in [0.4, 0.5) is 4.39 Å². The third-order valence-electron chi connectivity index (χ3n) is 13.4. The Morgan fingerprint density at radius 3 is 2.19 bits per heavy atom. The van der Waals surface area contributed by atoms with Crippen molar-refractivity contribution in [1.29, 1.82) is 0 Å². The molecule has 2 atom stereocenters. The second-order valence-electron chi connectivity index (χ2n) is 19.6. The first-order valence-corrected chi connectivity index (χ1v) is 26.5. The average molecular weight is 1100 g/mol. The number of hydrogen-bond donors (Lipinski definition) is 2. The minimum absolute atomic E-state index is 0.0973. The highest BCUT2D eigenvalue weighted by atomic mass is 35.5. The summed E-state index contributed by atoms with van der Waals surface area (Å²) >= 11 is 24.0. The maximum Gasteiger partial charge on any atom is 0.280 e. The first-order valence-electron chi connectivity index (χ1n) is 24.9. The zero-order valence-electron chi connectivity index (χ0n) is 42.7. The first-order chi connectivity index (χ1) is 35.5. The van der Waals surface area contributed by atoms with Gasteiger partial charge in [0.2, 0.25) is 10.6 Å². The summed E-state index contributed by atoms with van der Waals surface area (Å²) in [4.78, 5) is 23.5. The molecule has 5 aromatic rings. The summed E-state index contributed by atoms with van der Waals surface area (Å²) in [6, 6.07) is 20.8. The fraction of sp³-hybridized carbons (Fsp3) is 0.509. The number of aromatic nitrogens is 5. The Kier molecular flexibility index (Phi) is 19.8. The van der Waals surface area contributed by atoms with Crippen molar-refractivity contribution in [3.05, 3.63) is 117 Å². The monoisotopic (exact) mass is 1100 g/mol. The van der Waals surface area contributed by atoms with Crippen LogP contribution >= 0.6 is 47.0 Å². The topological polar surface area (TPSA) is 172 Å². The van der Waals surface area contributed by atoms with E-state index in [0.29, 0.717) is 38.8 Å². The van der Waals surface area contributed by atoms with E-state index in [1.165, 1.54) is 32.7 Å². The Labute approximate surface area is 452 Å². The smallest absolute Gasteiger partial charge is 0.280 e. The molecule has 2 N–H and O–H groups in total. The van der Waals surface area contributed by atoms with Crippen LogP contribution in [0.25, 0.3) is 0 Å². The van der Waals surface area contributed by atoms with Gasteiger partial charge in [0.25, 0.3) is 17.7 Å². The second-order valence-corrected chi connectivity index (χ2v) is 21.5. The molecule has 74 heavy (non-hydrogen) atoms. The van der Waals surface area contributed by atoms with Crippen molar-refractivity contribution in [1.82, 2.24) is 29.6 Å². The van der Waals surface area contributed by atoms with E-state index < -0.39 is 16.3 Å². The average Bonchev–Trinajstić information content (AvgIpc) is 3.87. The van der Waals surface area contributed by atoms with Crippen LogP contribution in [0.1, 0.15) is 90.7 Å². The number of nitrogens with one attached hydrogen (secondary N) is 1. The predicted octanol–water partition coefficient (Wildman–Crippen LogP) is 12.0. The van der Waals surface area contributed by atoms with Gasteiger partial charge >= 0.3 is 0 Å². The van der Waals surface area contributed by atoms with Crippen LogP contribution in [0.15, 0.2) is 95.8 Å². The number of halogens is 4. The lowest BCUT2D eigenvalue weighted by molar-refractivity contribution is -0.197. The van der Waals surface area contributed by atoms with Crippen molar-refractivity contribution in [2.75, 3.05) is 46.6 Å². The van der Waals surface area contributed by atoms with Crippen molar-refractivity contribution >= 4 is 58.6 Å². The van der Waals surface area contributed by atoms with Crippen LogP contribution in [-0.2, 0) is 36.9 Å². The van der Waals surface area contributed by atoms with Crippen LogP contribution in [0.5, 0.6) is 23.3 Å². The summed E-state index contributed by atoms with van der Waals surface area (Å²) in [5.74, 6) is -0.531. The zero-order chi connectivity index (χ0) is 52.9. The van der Waals surface area contributed by atoms with E-state index >= 15 is 4.39 Å². The normalized spacial score (nSPS) is 20.9. The number of para-hydroxylation sites is 2. The van der Waals surface area contributed by atoms with E-state index in [2.05, 4.69) is 69.9 Å². The van der Waals surface area contributed by atoms with Gasteiger partial charge in [0, 0.05) is 30.8 Å². The Morgan fingerprint density at radius 1 is 0.932 bits per heavy atom. The van der Waals surface area contributed by atoms with Gasteiger partial charge in [0.1, 0.15) is 43.5 Å². The molecule has 4 heterocycles. The number of hydrogen-bond acceptors (Lipinski definition) is 15. The molecule has 3 aromatic carbocycles. The Bertz CT molecular complexity index is 2750. The van der Waals surface area contributed by atoms with Crippen LogP contribution in [-0.4, -0.2) is 115 Å². The molecule has 9 rings (SSSR count). The minimum Gasteiger partial charge on any atom is -0.470 e. The maximum absolute atomic E-state index is 15.1. The fourth-order valence-corrected chi connectivity index (χ4v) is 9.86. The Morgan fingerprint density at radius 2 is 1.59 bits per heavy atom. The van der Waals surface area contributed by atoms with Crippen LogP contribution in [0.2, 0.25) is 10.0 Å². The lowest BCUT2D eigenvalue weighted by Crippen LogP contribution is -2.47. The first kappa shape index (κ1) is 56.8. The van der Waals surface area contributed by atoms with Crippen LogP contribution in [0.3, 0.4) is 0 Å². The molecular formula is C53H66Cl3FN8O8S. The van der Waals surface area contributed by atoms with Crippen molar-refractivity contribution < 1.29 is 42.9 Å². The molecule has 2 saturated carbocycles. The SMILES string of the molecule is CCCN(CC)CC1COC2(CCC(C(C)(C)C)CC2)O1.CO/N=C(/C1=NOCCO1)c1ccccc1Oc1ncnc(Oc2ccccc2Cl)c1F.OC(Cc1ccccc1Cl)(Cn1[nH]cnc1=S)C1(Cl)CC1. The summed E-state index contributed by atoms with van der Waals surface area (Å²) < 4.78 is 46.3. The number of oxime groups is 2. The molecule has 400 valence electrons. The van der Waals surface area contributed by atoms with Crippen molar-refractivity contribution in [3.63, 3.8) is 0 Å². The third kappa shape index (κ3) is 14.7. The quantitative estimate of drug-likeness (QED) is 0.0390. The molecule has 2 aliphatic carbocycles. The standard InChI is InChI=1S/C21H16ClFN4O5.C18H35NO2.C14H15Cl2N3OS/c1-28-26-18(21-27-30-11-10-29-21)13-6-2-4-8-15(13)31-19-17(23)20(25-12-24-19)32-16-9-5-3-7-14(16)22;1-6-12-19(7-2)13-16-14-20-18(21-16)10-8-15(9-11-18)17(3,4)5;15-11-4-2-1-3-10(11)7-14(20,13(16)5-6-13)8-19-12(21)17-9-18-19/h2-9,12H,10-11H2,1H3;15-16H,6-14H2,1-5H3;1-4,9,20H,5-8H2,(H,17,18,21)/b26-18+;;. The molecule has 2 aromatic heterocycles. The lowest BCUT2D eigenvalue weighted by Gasteiger charge is -2.41. The van der Waals surface area contributed by atoms with Crippen LogP contribution in [0, 0.1) is 21.9 Å². The highest BCUT2D eigenvalue weighted by Crippen LogP contribution is 2.53. The summed E-state index contributed by atoms with van der Waals surface area (Å²) in [5.41, 5.74) is 0.763. The number of ether oxygens (including phenoxy) is 5. The molecule has 21 heteroatoms. The van der Waals surface area contributed by atoms with E-state index in [0.717, 1.165) is 69.7 Å². The van der Waals surface area contributed by atoms with E-state index in [1.54, 1.807) is 53.2 Å². The predicted molar refractivity (Wildman–Crippen MR) is 286 cm³/mol. The number of alkyl halides is 1. The van der Waals surface area contributed by atoms with Gasteiger partial charge in [-0.3, -0.25) is 9.78 Å². The second kappa shape index (κ2) is 25.7. The van der Waals surface area contributed by atoms with Gasteiger partial charge in [0.15, 0.2) is 18.1 Å².